The van der Waals surface area contributed by atoms with Gasteiger partial charge >= 0.3 is 0 Å². The standard InChI is InChI=1S/C14H22N4O2S2/c1-4-18(5-2)14(12-6-7-21-11-12)9-16-22(19,20)13-8-15-17(3)10-13/h6-8,10-11,14,16H,4-5,9H2,1-3H3. The van der Waals surface area contributed by atoms with E-state index >= 15 is 0 Å². The van der Waals surface area contributed by atoms with Crippen molar-refractivity contribution in [2.24, 2.45) is 7.05 Å². The Kier molecular flexibility index (Phi) is 5.74. The van der Waals surface area contributed by atoms with Gasteiger partial charge in [-0.3, -0.25) is 9.58 Å². The Hall–Kier alpha value is -1.22. The fourth-order valence-electron chi connectivity index (χ4n) is 2.40. The van der Waals surface area contributed by atoms with Crippen LogP contribution in [0.3, 0.4) is 0 Å². The molecule has 0 amide bonds. The van der Waals surface area contributed by atoms with Gasteiger partial charge in [0.2, 0.25) is 10.0 Å². The van der Waals surface area contributed by atoms with Gasteiger partial charge < -0.3 is 0 Å². The molecule has 1 unspecified atom stereocenters. The molecule has 0 aliphatic carbocycles. The van der Waals surface area contributed by atoms with Crippen molar-refractivity contribution < 1.29 is 8.42 Å². The van der Waals surface area contributed by atoms with Crippen LogP contribution >= 0.6 is 11.3 Å². The summed E-state index contributed by atoms with van der Waals surface area (Å²) in [7, 11) is -1.83. The summed E-state index contributed by atoms with van der Waals surface area (Å²) in [5.74, 6) is 0. The van der Waals surface area contributed by atoms with Crippen molar-refractivity contribution >= 4 is 21.4 Å². The lowest BCUT2D eigenvalue weighted by Crippen LogP contribution is -2.37. The summed E-state index contributed by atoms with van der Waals surface area (Å²) in [6.45, 7) is 6.24. The Bertz CT molecular complexity index is 676. The first-order valence-corrected chi connectivity index (χ1v) is 9.65. The Morgan fingerprint density at radius 2 is 2.14 bits per heavy atom. The van der Waals surface area contributed by atoms with Crippen LogP contribution in [0.25, 0.3) is 0 Å². The first kappa shape index (κ1) is 17.1. The van der Waals surface area contributed by atoms with Gasteiger partial charge in [-0.2, -0.15) is 16.4 Å². The smallest absolute Gasteiger partial charge is 0.243 e. The Morgan fingerprint density at radius 3 is 2.64 bits per heavy atom. The topological polar surface area (TPSA) is 67.2 Å². The van der Waals surface area contributed by atoms with Gasteiger partial charge in [0.05, 0.1) is 6.20 Å². The summed E-state index contributed by atoms with van der Waals surface area (Å²) in [5, 5.41) is 8.00. The predicted octanol–water partition coefficient (Wildman–Crippen LogP) is 1.84. The number of thiophene rings is 1. The highest BCUT2D eigenvalue weighted by Crippen LogP contribution is 2.22. The van der Waals surface area contributed by atoms with Gasteiger partial charge in [0.25, 0.3) is 0 Å². The third-order valence-corrected chi connectivity index (χ3v) is 5.72. The maximum absolute atomic E-state index is 12.3. The lowest BCUT2D eigenvalue weighted by Gasteiger charge is -2.29. The Labute approximate surface area is 135 Å². The minimum absolute atomic E-state index is 0.0349. The quantitative estimate of drug-likeness (QED) is 0.795. The number of nitrogens with one attached hydrogen (secondary N) is 1. The lowest BCUT2D eigenvalue weighted by molar-refractivity contribution is 0.220. The number of likely N-dealkylation sites (N-methyl/N-ethyl adjacent to an activating group) is 1. The molecular formula is C14H22N4O2S2. The van der Waals surface area contributed by atoms with Crippen molar-refractivity contribution in [1.82, 2.24) is 19.4 Å². The van der Waals surface area contributed by atoms with Crippen LogP contribution in [0, 0.1) is 0 Å². The van der Waals surface area contributed by atoms with Crippen LogP contribution in [0.1, 0.15) is 25.5 Å². The molecular weight excluding hydrogens is 320 g/mol. The predicted molar refractivity (Wildman–Crippen MR) is 88.4 cm³/mol. The first-order chi connectivity index (χ1) is 10.5. The van der Waals surface area contributed by atoms with Crippen molar-refractivity contribution in [3.8, 4) is 0 Å². The molecule has 2 aromatic heterocycles. The van der Waals surface area contributed by atoms with Crippen molar-refractivity contribution in [1.29, 1.82) is 0 Å². The van der Waals surface area contributed by atoms with Gasteiger partial charge in [0, 0.05) is 25.8 Å². The van der Waals surface area contributed by atoms with Crippen LogP contribution in [-0.4, -0.2) is 42.7 Å². The van der Waals surface area contributed by atoms with Gasteiger partial charge in [-0.1, -0.05) is 13.8 Å². The fraction of sp³-hybridized carbons (Fsp3) is 0.500. The van der Waals surface area contributed by atoms with Gasteiger partial charge in [-0.15, -0.1) is 0 Å². The Balaban J connectivity index is 2.14. The van der Waals surface area contributed by atoms with Gasteiger partial charge in [0.15, 0.2) is 0 Å². The van der Waals surface area contributed by atoms with Crippen LogP contribution in [0.5, 0.6) is 0 Å². The summed E-state index contributed by atoms with van der Waals surface area (Å²) >= 11 is 1.62. The van der Waals surface area contributed by atoms with E-state index in [2.05, 4.69) is 33.9 Å². The molecule has 122 valence electrons. The first-order valence-electron chi connectivity index (χ1n) is 7.22. The summed E-state index contributed by atoms with van der Waals surface area (Å²) < 4.78 is 28.9. The third kappa shape index (κ3) is 3.95. The van der Waals surface area contributed by atoms with Crippen molar-refractivity contribution in [3.63, 3.8) is 0 Å². The molecule has 0 radical (unpaired) electrons. The fourth-order valence-corrected chi connectivity index (χ4v) is 4.12. The maximum Gasteiger partial charge on any atom is 0.243 e. The van der Waals surface area contributed by atoms with Crippen LogP contribution in [0.15, 0.2) is 34.1 Å². The monoisotopic (exact) mass is 342 g/mol. The second-order valence-corrected chi connectivity index (χ2v) is 7.54. The average Bonchev–Trinajstić information content (AvgIpc) is 3.15. The van der Waals surface area contributed by atoms with E-state index in [1.807, 2.05) is 11.4 Å². The van der Waals surface area contributed by atoms with E-state index in [1.54, 1.807) is 18.4 Å². The van der Waals surface area contributed by atoms with E-state index in [-0.39, 0.29) is 10.9 Å². The van der Waals surface area contributed by atoms with Crippen LogP contribution < -0.4 is 4.72 Å². The van der Waals surface area contributed by atoms with Crippen molar-refractivity contribution in [2.45, 2.75) is 24.8 Å². The minimum atomic E-state index is -3.53. The summed E-state index contributed by atoms with van der Waals surface area (Å²) in [6.07, 6.45) is 2.86. The molecule has 1 N–H and O–H groups in total. The zero-order valence-corrected chi connectivity index (χ0v) is 14.7. The van der Waals surface area contributed by atoms with E-state index in [0.717, 1.165) is 18.7 Å². The van der Waals surface area contributed by atoms with Gasteiger partial charge in [-0.25, -0.2) is 13.1 Å². The number of nitrogens with zero attached hydrogens (tertiary/aromatic N) is 3. The average molecular weight is 342 g/mol. The molecule has 0 spiro atoms. The summed E-state index contributed by atoms with van der Waals surface area (Å²) in [4.78, 5) is 2.44. The molecule has 2 rings (SSSR count). The number of aryl methyl sites for hydroxylation is 1. The number of aromatic nitrogens is 2. The van der Waals surface area contributed by atoms with Crippen molar-refractivity contribution in [2.75, 3.05) is 19.6 Å². The molecule has 8 heteroatoms. The molecule has 6 nitrogen and oxygen atoms in total. The molecule has 0 aliphatic heterocycles. The third-order valence-electron chi connectivity index (χ3n) is 3.64. The summed E-state index contributed by atoms with van der Waals surface area (Å²) in [5.41, 5.74) is 1.14. The van der Waals surface area contributed by atoms with E-state index in [4.69, 9.17) is 0 Å². The van der Waals surface area contributed by atoms with E-state index in [9.17, 15) is 8.42 Å². The molecule has 0 saturated heterocycles. The van der Waals surface area contributed by atoms with E-state index in [1.165, 1.54) is 17.1 Å². The number of sulfonamides is 1. The largest absolute Gasteiger partial charge is 0.296 e. The van der Waals surface area contributed by atoms with E-state index < -0.39 is 10.0 Å². The van der Waals surface area contributed by atoms with Gasteiger partial charge in [0.1, 0.15) is 4.90 Å². The normalized spacial score (nSPS) is 13.6. The lowest BCUT2D eigenvalue weighted by atomic mass is 10.1. The summed E-state index contributed by atoms with van der Waals surface area (Å²) in [6, 6.07) is 2.08. The minimum Gasteiger partial charge on any atom is -0.296 e. The van der Waals surface area contributed by atoms with Gasteiger partial charge in [-0.05, 0) is 35.5 Å². The molecule has 2 aromatic rings. The SMILES string of the molecule is CCN(CC)C(CNS(=O)(=O)c1cnn(C)c1)c1ccsc1. The highest BCUT2D eigenvalue weighted by Gasteiger charge is 2.22. The molecule has 0 saturated carbocycles. The molecule has 2 heterocycles. The van der Waals surface area contributed by atoms with Crippen LogP contribution in [0.2, 0.25) is 0 Å². The Morgan fingerprint density at radius 1 is 1.41 bits per heavy atom. The van der Waals surface area contributed by atoms with Crippen molar-refractivity contribution in [3.05, 3.63) is 34.8 Å². The molecule has 0 aliphatic rings. The molecule has 0 bridgehead atoms. The second-order valence-electron chi connectivity index (χ2n) is 5.00. The number of hydrogen-bond donors (Lipinski definition) is 1. The van der Waals surface area contributed by atoms with E-state index in [0.29, 0.717) is 6.54 Å². The van der Waals surface area contributed by atoms with Crippen LogP contribution in [0.4, 0.5) is 0 Å². The molecule has 0 aromatic carbocycles. The highest BCUT2D eigenvalue weighted by molar-refractivity contribution is 7.89. The number of hydrogen-bond acceptors (Lipinski definition) is 5. The number of rotatable bonds is 8. The van der Waals surface area contributed by atoms with Crippen LogP contribution in [-0.2, 0) is 17.1 Å². The second kappa shape index (κ2) is 7.36. The highest BCUT2D eigenvalue weighted by atomic mass is 32.2. The molecule has 22 heavy (non-hydrogen) atoms. The molecule has 1 atom stereocenters. The molecule has 0 fully saturated rings. The maximum atomic E-state index is 12.3. The zero-order valence-electron chi connectivity index (χ0n) is 13.1. The zero-order chi connectivity index (χ0) is 16.2.